The first-order valence-electron chi connectivity index (χ1n) is 10.3. The number of benzene rings is 4. The summed E-state index contributed by atoms with van der Waals surface area (Å²) in [6, 6.07) is 29.0. The van der Waals surface area contributed by atoms with Crippen molar-refractivity contribution in [3.63, 3.8) is 0 Å². The van der Waals surface area contributed by atoms with Crippen LogP contribution in [0.25, 0.3) is 11.1 Å². The third kappa shape index (κ3) is 9.47. The molecule has 0 aliphatic heterocycles. The molecule has 6 nitrogen and oxygen atoms in total. The van der Waals surface area contributed by atoms with E-state index in [4.69, 9.17) is 0 Å². The van der Waals surface area contributed by atoms with Crippen LogP contribution in [0.2, 0.25) is 0 Å². The quantitative estimate of drug-likeness (QED) is 0.127. The van der Waals surface area contributed by atoms with Crippen molar-refractivity contribution in [1.82, 2.24) is 0 Å². The third-order valence-corrected chi connectivity index (χ3v) is 7.27. The van der Waals surface area contributed by atoms with Crippen molar-refractivity contribution in [1.29, 1.82) is 0 Å². The van der Waals surface area contributed by atoms with Crippen molar-refractivity contribution in [3.05, 3.63) is 131 Å². The summed E-state index contributed by atoms with van der Waals surface area (Å²) in [4.78, 5) is 48.9. The van der Waals surface area contributed by atoms with E-state index in [1.54, 1.807) is 72.8 Å². The molecule has 0 radical (unpaired) electrons. The van der Waals surface area contributed by atoms with Gasteiger partial charge in [0, 0.05) is 0 Å². The molecule has 0 saturated heterocycles. The molecule has 4 aromatic carbocycles. The average Bonchev–Trinajstić information content (AvgIpc) is 2.82. The summed E-state index contributed by atoms with van der Waals surface area (Å²) in [5, 5.41) is -0.848. The van der Waals surface area contributed by atoms with Gasteiger partial charge in [0.25, 0.3) is 0 Å². The van der Waals surface area contributed by atoms with Crippen molar-refractivity contribution >= 4 is 36.9 Å². The van der Waals surface area contributed by atoms with E-state index >= 15 is 0 Å². The van der Waals surface area contributed by atoms with Crippen LogP contribution < -0.4 is 148 Å². The fraction of sp³-hybridized carbons (Fsp3) is 0. The van der Waals surface area contributed by atoms with Crippen LogP contribution in [0, 0.1) is 0 Å². The Morgan fingerprint density at radius 3 is 0.974 bits per heavy atom. The Morgan fingerprint density at radius 1 is 0.421 bits per heavy atom. The van der Waals surface area contributed by atoms with Crippen molar-refractivity contribution < 1.29 is 147 Å². The normalized spacial score (nSPS) is 11.5. The molecule has 0 bridgehead atoms. The second-order valence-electron chi connectivity index (χ2n) is 7.51. The Bertz CT molecular complexity index is 1340. The Labute approximate surface area is 310 Å². The molecule has 0 aliphatic rings. The molecule has 0 N–H and O–H groups in total. The van der Waals surface area contributed by atoms with Crippen LogP contribution in [-0.4, -0.2) is 0 Å². The maximum atomic E-state index is 12.2. The van der Waals surface area contributed by atoms with E-state index in [2.05, 4.69) is 0 Å². The molecule has 4 aromatic rings. The van der Waals surface area contributed by atoms with Crippen LogP contribution in [0.4, 0.5) is 0 Å². The zero-order valence-corrected chi connectivity index (χ0v) is 31.5. The summed E-state index contributed by atoms with van der Waals surface area (Å²) in [5.74, 6) is 0. The SMILES string of the molecule is O=P([O-])([O-])c1ccccc1C(=C(c1ccccc1)c1ccccc1P(=O)([O-])[O-])c1ccccc1.[Na+].[Na+].[Na+].[Na+]. The smallest absolute Gasteiger partial charge is 0.807 e. The zero-order valence-electron chi connectivity index (χ0n) is 21.7. The molecule has 0 spiro atoms. The van der Waals surface area contributed by atoms with Crippen molar-refractivity contribution in [3.8, 4) is 0 Å². The molecule has 0 aromatic heterocycles. The van der Waals surface area contributed by atoms with E-state index in [0.29, 0.717) is 22.3 Å². The van der Waals surface area contributed by atoms with Crippen LogP contribution in [0.15, 0.2) is 109 Å². The minimum atomic E-state index is -5.21. The van der Waals surface area contributed by atoms with Crippen LogP contribution in [-0.2, 0) is 9.13 Å². The molecule has 0 aliphatic carbocycles. The van der Waals surface area contributed by atoms with Gasteiger partial charge in [0.1, 0.15) is 0 Å². The van der Waals surface area contributed by atoms with Crippen LogP contribution in [0.5, 0.6) is 0 Å². The van der Waals surface area contributed by atoms with Crippen molar-refractivity contribution in [2.24, 2.45) is 0 Å². The predicted molar refractivity (Wildman–Crippen MR) is 125 cm³/mol. The van der Waals surface area contributed by atoms with Gasteiger partial charge in [0.15, 0.2) is 0 Å². The predicted octanol–water partition coefficient (Wildman–Crippen LogP) is -10.2. The maximum absolute atomic E-state index is 12.2. The topological polar surface area (TPSA) is 126 Å². The van der Waals surface area contributed by atoms with Gasteiger partial charge in [-0.1, -0.05) is 109 Å². The Hall–Kier alpha value is 0.920. The first kappa shape index (κ1) is 38.9. The van der Waals surface area contributed by atoms with E-state index in [9.17, 15) is 28.7 Å². The third-order valence-electron chi connectivity index (χ3n) is 5.31. The van der Waals surface area contributed by atoms with Crippen LogP contribution >= 0.6 is 15.2 Å². The number of hydrogen-bond acceptors (Lipinski definition) is 6. The molecular formula is C26H18Na4O6P2. The molecule has 0 atom stereocenters. The summed E-state index contributed by atoms with van der Waals surface area (Å²) >= 11 is 0. The standard InChI is InChI=1S/C26H22O6P2.4Na/c27-33(28,29)23-17-9-7-15-21(23)25(19-11-3-1-4-12-19)26(20-13-5-2-6-14-20)22-16-8-10-18-24(22)34(30,31)32;;;;/h1-18H,(H2,27,28,29)(H2,30,31,32);;;;/q;4*+1/p-4. The fourth-order valence-corrected chi connectivity index (χ4v) is 5.43. The Kier molecular flexibility index (Phi) is 17.6. The Balaban J connectivity index is 0.00000342. The van der Waals surface area contributed by atoms with E-state index in [1.807, 2.05) is 0 Å². The summed E-state index contributed by atoms with van der Waals surface area (Å²) in [6.07, 6.45) is 0. The van der Waals surface area contributed by atoms with E-state index < -0.39 is 25.8 Å². The largest absolute Gasteiger partial charge is 1.00 e. The van der Waals surface area contributed by atoms with Crippen LogP contribution in [0.3, 0.4) is 0 Å². The average molecular weight is 580 g/mol. The molecule has 0 heterocycles. The summed E-state index contributed by atoms with van der Waals surface area (Å²) in [7, 11) is -10.4. The van der Waals surface area contributed by atoms with Crippen LogP contribution in [0.1, 0.15) is 22.3 Å². The molecule has 12 heteroatoms. The minimum absolute atomic E-state index is 0. The van der Waals surface area contributed by atoms with Crippen molar-refractivity contribution in [2.45, 2.75) is 0 Å². The van der Waals surface area contributed by atoms with E-state index in [-0.39, 0.29) is 129 Å². The van der Waals surface area contributed by atoms with Gasteiger partial charge >= 0.3 is 118 Å². The minimum Gasteiger partial charge on any atom is -0.807 e. The van der Waals surface area contributed by atoms with Crippen molar-refractivity contribution in [2.75, 3.05) is 0 Å². The summed E-state index contributed by atoms with van der Waals surface area (Å²) < 4.78 is 24.4. The molecule has 4 rings (SSSR count). The first-order chi connectivity index (χ1) is 16.2. The van der Waals surface area contributed by atoms with Gasteiger partial charge in [-0.05, 0) is 59.2 Å². The molecular weight excluding hydrogens is 562 g/mol. The van der Waals surface area contributed by atoms with Gasteiger partial charge in [-0.15, -0.1) is 0 Å². The van der Waals surface area contributed by atoms with Gasteiger partial charge < -0.3 is 28.7 Å². The summed E-state index contributed by atoms with van der Waals surface area (Å²) in [5.41, 5.74) is 1.95. The molecule has 0 unspecified atom stereocenters. The second-order valence-corrected chi connectivity index (χ2v) is 10.5. The fourth-order valence-electron chi connectivity index (χ4n) is 3.93. The molecule has 172 valence electrons. The van der Waals surface area contributed by atoms with Gasteiger partial charge in [-0.25, -0.2) is 0 Å². The maximum Gasteiger partial charge on any atom is 1.00 e. The van der Waals surface area contributed by atoms with Gasteiger partial charge in [-0.2, -0.15) is 0 Å². The first-order valence-corrected chi connectivity index (χ1v) is 13.4. The molecule has 38 heavy (non-hydrogen) atoms. The Morgan fingerprint density at radius 2 is 0.684 bits per heavy atom. The molecule has 0 fully saturated rings. The molecule has 0 amide bonds. The van der Waals surface area contributed by atoms with Gasteiger partial charge in [-0.3, -0.25) is 0 Å². The van der Waals surface area contributed by atoms with Gasteiger partial charge in [0.2, 0.25) is 0 Å². The monoisotopic (exact) mass is 580 g/mol. The molecule has 0 saturated carbocycles. The number of hydrogen-bond donors (Lipinski definition) is 0. The van der Waals surface area contributed by atoms with Gasteiger partial charge in [0.05, 0.1) is 0 Å². The second kappa shape index (κ2) is 17.1. The van der Waals surface area contributed by atoms with E-state index in [1.165, 1.54) is 36.4 Å². The van der Waals surface area contributed by atoms with E-state index in [0.717, 1.165) is 0 Å². The summed E-state index contributed by atoms with van der Waals surface area (Å²) in [6.45, 7) is 0. The number of rotatable bonds is 6. The zero-order chi connectivity index (χ0) is 24.3.